The predicted octanol–water partition coefficient (Wildman–Crippen LogP) is 3.74. The molecule has 2 N–H and O–H groups in total. The molecule has 4 aliphatic rings. The van der Waals surface area contributed by atoms with Crippen molar-refractivity contribution in [1.29, 1.82) is 0 Å². The van der Waals surface area contributed by atoms with Crippen LogP contribution in [-0.2, 0) is 5.41 Å². The van der Waals surface area contributed by atoms with Gasteiger partial charge in [-0.2, -0.15) is 0 Å². The predicted molar refractivity (Wildman–Crippen MR) is 77.6 cm³/mol. The molecule has 1 aromatic heterocycles. The van der Waals surface area contributed by atoms with E-state index in [1.54, 1.807) is 12.1 Å². The van der Waals surface area contributed by atoms with Gasteiger partial charge in [0.2, 0.25) is 0 Å². The van der Waals surface area contributed by atoms with E-state index in [9.17, 15) is 5.11 Å². The molecule has 1 aromatic carbocycles. The van der Waals surface area contributed by atoms with E-state index in [2.05, 4.69) is 4.98 Å². The van der Waals surface area contributed by atoms with Crippen molar-refractivity contribution < 1.29 is 5.11 Å². The van der Waals surface area contributed by atoms with Gasteiger partial charge in [-0.3, -0.25) is 0 Å². The van der Waals surface area contributed by atoms with E-state index in [1.807, 2.05) is 6.07 Å². The third-order valence-corrected chi connectivity index (χ3v) is 6.01. The number of aromatic amines is 1. The first-order chi connectivity index (χ1) is 9.70. The third-order valence-electron chi connectivity index (χ3n) is 6.01. The van der Waals surface area contributed by atoms with Crippen LogP contribution in [0.1, 0.15) is 44.3 Å². The molecule has 4 fully saturated rings. The normalized spacial score (nSPS) is 38.7. The van der Waals surface area contributed by atoms with E-state index in [0.29, 0.717) is 11.2 Å². The molecule has 2 aromatic rings. The van der Waals surface area contributed by atoms with Gasteiger partial charge in [0.25, 0.3) is 0 Å². The lowest BCUT2D eigenvalue weighted by Crippen LogP contribution is -2.49. The SMILES string of the molecule is Oc1ccc2nc(C34CC5CC(CC(C5)C3)C4)[nH]c2c1. The lowest BCUT2D eigenvalue weighted by Gasteiger charge is -2.55. The summed E-state index contributed by atoms with van der Waals surface area (Å²) in [6.07, 6.45) is 8.35. The van der Waals surface area contributed by atoms with E-state index >= 15 is 0 Å². The molecule has 3 nitrogen and oxygen atoms in total. The monoisotopic (exact) mass is 268 g/mol. The molecular weight excluding hydrogens is 248 g/mol. The maximum Gasteiger partial charge on any atom is 0.117 e. The molecule has 20 heavy (non-hydrogen) atoms. The Morgan fingerprint density at radius 1 is 1.05 bits per heavy atom. The van der Waals surface area contributed by atoms with Gasteiger partial charge in [-0.15, -0.1) is 0 Å². The molecular formula is C17H20N2O. The van der Waals surface area contributed by atoms with Gasteiger partial charge >= 0.3 is 0 Å². The molecule has 0 aliphatic heterocycles. The first-order valence-electron chi connectivity index (χ1n) is 7.89. The minimum absolute atomic E-state index is 0.309. The molecule has 0 unspecified atom stereocenters. The summed E-state index contributed by atoms with van der Waals surface area (Å²) in [5.41, 5.74) is 2.29. The highest BCUT2D eigenvalue weighted by molar-refractivity contribution is 5.77. The Labute approximate surface area is 118 Å². The molecule has 0 spiro atoms. The Hall–Kier alpha value is -1.51. The number of phenolic OH excluding ortho intramolecular Hbond substituents is 1. The number of hydrogen-bond acceptors (Lipinski definition) is 2. The van der Waals surface area contributed by atoms with Crippen LogP contribution in [0.25, 0.3) is 11.0 Å². The number of aromatic hydroxyl groups is 1. The highest BCUT2D eigenvalue weighted by atomic mass is 16.3. The minimum atomic E-state index is 0.309. The molecule has 3 heteroatoms. The molecule has 1 heterocycles. The molecule has 104 valence electrons. The molecule has 0 amide bonds. The molecule has 4 saturated carbocycles. The number of nitrogens with zero attached hydrogens (tertiary/aromatic N) is 1. The Bertz CT molecular complexity index is 652. The first kappa shape index (κ1) is 11.2. The van der Waals surface area contributed by atoms with Gasteiger partial charge in [0, 0.05) is 11.5 Å². The largest absolute Gasteiger partial charge is 0.508 e. The van der Waals surface area contributed by atoms with Gasteiger partial charge in [0.15, 0.2) is 0 Å². The summed E-state index contributed by atoms with van der Waals surface area (Å²) >= 11 is 0. The summed E-state index contributed by atoms with van der Waals surface area (Å²) in [6, 6.07) is 5.45. The summed E-state index contributed by atoms with van der Waals surface area (Å²) in [6.45, 7) is 0. The van der Waals surface area contributed by atoms with Crippen LogP contribution >= 0.6 is 0 Å². The molecule has 0 radical (unpaired) electrons. The Morgan fingerprint density at radius 3 is 2.35 bits per heavy atom. The fraction of sp³-hybridized carbons (Fsp3) is 0.588. The zero-order valence-electron chi connectivity index (χ0n) is 11.6. The van der Waals surface area contributed by atoms with E-state index in [1.165, 1.54) is 44.3 Å². The van der Waals surface area contributed by atoms with Crippen LogP contribution in [0.15, 0.2) is 18.2 Å². The molecule has 0 atom stereocenters. The zero-order valence-corrected chi connectivity index (χ0v) is 11.6. The number of H-pyrrole nitrogens is 1. The average Bonchev–Trinajstić information content (AvgIpc) is 2.80. The van der Waals surface area contributed by atoms with Crippen molar-refractivity contribution in [2.45, 2.75) is 43.9 Å². The smallest absolute Gasteiger partial charge is 0.117 e. The molecule has 6 rings (SSSR count). The van der Waals surface area contributed by atoms with Crippen molar-refractivity contribution in [2.24, 2.45) is 17.8 Å². The van der Waals surface area contributed by atoms with Gasteiger partial charge < -0.3 is 10.1 Å². The number of fused-ring (bicyclic) bond motifs is 1. The van der Waals surface area contributed by atoms with Crippen molar-refractivity contribution in [1.82, 2.24) is 9.97 Å². The lowest BCUT2D eigenvalue weighted by molar-refractivity contribution is -0.00886. The van der Waals surface area contributed by atoms with Crippen LogP contribution < -0.4 is 0 Å². The highest BCUT2D eigenvalue weighted by Crippen LogP contribution is 2.60. The maximum atomic E-state index is 9.63. The van der Waals surface area contributed by atoms with E-state index in [0.717, 1.165) is 28.8 Å². The van der Waals surface area contributed by atoms with Gasteiger partial charge in [-0.25, -0.2) is 4.98 Å². The summed E-state index contributed by atoms with van der Waals surface area (Å²) < 4.78 is 0. The highest BCUT2D eigenvalue weighted by Gasteiger charge is 2.53. The summed E-state index contributed by atoms with van der Waals surface area (Å²) in [5.74, 6) is 4.31. The lowest BCUT2D eigenvalue weighted by atomic mass is 9.49. The quantitative estimate of drug-likeness (QED) is 0.827. The third kappa shape index (κ3) is 1.44. The summed E-state index contributed by atoms with van der Waals surface area (Å²) in [4.78, 5) is 8.40. The average molecular weight is 268 g/mol. The van der Waals surface area contributed by atoms with Crippen molar-refractivity contribution in [2.75, 3.05) is 0 Å². The van der Waals surface area contributed by atoms with Gasteiger partial charge in [-0.05, 0) is 68.4 Å². The Kier molecular flexibility index (Phi) is 2.00. The standard InChI is InChI=1S/C17H20N2O/c20-13-1-2-14-15(6-13)19-16(18-14)17-7-10-3-11(8-17)5-12(4-10)9-17/h1-2,6,10-12,20H,3-5,7-9H2,(H,18,19). The van der Waals surface area contributed by atoms with Crippen LogP contribution in [0.3, 0.4) is 0 Å². The van der Waals surface area contributed by atoms with Crippen LogP contribution in [0.2, 0.25) is 0 Å². The van der Waals surface area contributed by atoms with Crippen molar-refractivity contribution in [3.05, 3.63) is 24.0 Å². The summed E-state index contributed by atoms with van der Waals surface area (Å²) in [7, 11) is 0. The van der Waals surface area contributed by atoms with Crippen molar-refractivity contribution in [3.63, 3.8) is 0 Å². The fourth-order valence-corrected chi connectivity index (χ4v) is 5.65. The van der Waals surface area contributed by atoms with Gasteiger partial charge in [-0.1, -0.05) is 0 Å². The van der Waals surface area contributed by atoms with E-state index in [-0.39, 0.29) is 0 Å². The van der Waals surface area contributed by atoms with Crippen molar-refractivity contribution >= 4 is 11.0 Å². The Morgan fingerprint density at radius 2 is 1.70 bits per heavy atom. The molecule has 0 saturated heterocycles. The second kappa shape index (κ2) is 3.57. The van der Waals surface area contributed by atoms with E-state index in [4.69, 9.17) is 4.98 Å². The number of rotatable bonds is 1. The van der Waals surface area contributed by atoms with Crippen LogP contribution in [0.4, 0.5) is 0 Å². The summed E-state index contributed by atoms with van der Waals surface area (Å²) in [5, 5.41) is 9.63. The Balaban J connectivity index is 1.63. The minimum Gasteiger partial charge on any atom is -0.508 e. The van der Waals surface area contributed by atoms with Crippen LogP contribution in [0, 0.1) is 17.8 Å². The van der Waals surface area contributed by atoms with E-state index < -0.39 is 0 Å². The van der Waals surface area contributed by atoms with Crippen LogP contribution in [-0.4, -0.2) is 15.1 Å². The van der Waals surface area contributed by atoms with Gasteiger partial charge in [0.1, 0.15) is 11.6 Å². The number of hydrogen-bond donors (Lipinski definition) is 2. The topological polar surface area (TPSA) is 48.9 Å². The van der Waals surface area contributed by atoms with Gasteiger partial charge in [0.05, 0.1) is 11.0 Å². The molecule has 4 bridgehead atoms. The first-order valence-corrected chi connectivity index (χ1v) is 7.89. The number of benzene rings is 1. The number of phenols is 1. The molecule has 4 aliphatic carbocycles. The zero-order chi connectivity index (χ0) is 13.3. The van der Waals surface area contributed by atoms with Crippen LogP contribution in [0.5, 0.6) is 5.75 Å². The fourth-order valence-electron chi connectivity index (χ4n) is 5.65. The number of imidazole rings is 1. The maximum absolute atomic E-state index is 9.63. The van der Waals surface area contributed by atoms with Crippen molar-refractivity contribution in [3.8, 4) is 5.75 Å². The number of nitrogens with one attached hydrogen (secondary N) is 1. The number of aromatic nitrogens is 2. The second-order valence-corrected chi connectivity index (χ2v) is 7.48. The second-order valence-electron chi connectivity index (χ2n) is 7.48.